The molecule has 0 saturated carbocycles. The molecule has 1 aliphatic rings. The van der Waals surface area contributed by atoms with E-state index in [1.54, 1.807) is 6.20 Å². The van der Waals surface area contributed by atoms with Crippen LogP contribution in [-0.4, -0.2) is 22.8 Å². The maximum absolute atomic E-state index is 9.76. The average molecular weight is 373 g/mol. The van der Waals surface area contributed by atoms with Crippen molar-refractivity contribution in [1.82, 2.24) is 9.55 Å². The van der Waals surface area contributed by atoms with E-state index in [1.165, 1.54) is 0 Å². The van der Waals surface area contributed by atoms with Crippen molar-refractivity contribution < 1.29 is 9.47 Å². The monoisotopic (exact) mass is 373 g/mol. The Bertz CT molecular complexity index is 980. The molecular formula is C23H23N3O2. The van der Waals surface area contributed by atoms with Crippen molar-refractivity contribution in [3.05, 3.63) is 77.9 Å². The van der Waals surface area contributed by atoms with E-state index < -0.39 is 5.41 Å². The predicted molar refractivity (Wildman–Crippen MR) is 106 cm³/mol. The lowest BCUT2D eigenvalue weighted by atomic mass is 9.75. The zero-order valence-corrected chi connectivity index (χ0v) is 16.0. The summed E-state index contributed by atoms with van der Waals surface area (Å²) in [4.78, 5) is 4.26. The number of aryl methyl sites for hydroxylation is 1. The molecule has 1 fully saturated rings. The largest absolute Gasteiger partial charge is 0.489 e. The number of ether oxygens (including phenoxy) is 2. The van der Waals surface area contributed by atoms with Gasteiger partial charge in [0.15, 0.2) is 0 Å². The van der Waals surface area contributed by atoms with Gasteiger partial charge in [0, 0.05) is 31.3 Å². The highest BCUT2D eigenvalue weighted by Crippen LogP contribution is 2.35. The summed E-state index contributed by atoms with van der Waals surface area (Å²) in [5.41, 5.74) is 2.72. The lowest BCUT2D eigenvalue weighted by molar-refractivity contribution is 0.0674. The molecule has 4 rings (SSSR count). The second-order valence-corrected chi connectivity index (χ2v) is 7.13. The molecule has 0 unspecified atom stereocenters. The number of benzene rings is 2. The van der Waals surface area contributed by atoms with E-state index in [0.717, 1.165) is 41.2 Å². The molecule has 5 nitrogen and oxygen atoms in total. The molecule has 5 heteroatoms. The minimum absolute atomic E-state index is 0.470. The van der Waals surface area contributed by atoms with Gasteiger partial charge in [0.1, 0.15) is 18.2 Å². The third-order valence-electron chi connectivity index (χ3n) is 5.39. The molecule has 3 aromatic rings. The van der Waals surface area contributed by atoms with Gasteiger partial charge in [-0.3, -0.25) is 0 Å². The van der Waals surface area contributed by atoms with Crippen molar-refractivity contribution in [1.29, 1.82) is 5.26 Å². The lowest BCUT2D eigenvalue weighted by Gasteiger charge is -2.31. The van der Waals surface area contributed by atoms with E-state index in [4.69, 9.17) is 9.47 Å². The molecule has 2 heterocycles. The Balaban J connectivity index is 1.45. The number of imidazole rings is 1. The normalized spacial score (nSPS) is 15.7. The van der Waals surface area contributed by atoms with Crippen LogP contribution >= 0.6 is 0 Å². The molecule has 142 valence electrons. The average Bonchev–Trinajstić information content (AvgIpc) is 3.19. The Morgan fingerprint density at radius 3 is 2.64 bits per heavy atom. The fraction of sp³-hybridized carbons (Fsp3) is 0.304. The molecule has 0 radical (unpaired) electrons. The van der Waals surface area contributed by atoms with Crippen LogP contribution in [0.15, 0.2) is 60.9 Å². The molecule has 0 amide bonds. The van der Waals surface area contributed by atoms with Crippen LogP contribution < -0.4 is 4.74 Å². The van der Waals surface area contributed by atoms with E-state index in [2.05, 4.69) is 35.3 Å². The molecule has 0 N–H and O–H groups in total. The van der Waals surface area contributed by atoms with Gasteiger partial charge in [-0.15, -0.1) is 0 Å². The van der Waals surface area contributed by atoms with E-state index in [-0.39, 0.29) is 0 Å². The molecule has 0 bridgehead atoms. The Labute approximate surface area is 165 Å². The smallest absolute Gasteiger partial charge is 0.120 e. The van der Waals surface area contributed by atoms with Crippen LogP contribution in [0.25, 0.3) is 5.69 Å². The predicted octanol–water partition coefficient (Wildman–Crippen LogP) is 4.33. The number of nitrogens with zero attached hydrogens (tertiary/aromatic N) is 3. The van der Waals surface area contributed by atoms with E-state index >= 15 is 0 Å². The molecule has 1 aliphatic heterocycles. The fourth-order valence-electron chi connectivity index (χ4n) is 3.64. The first kappa shape index (κ1) is 18.3. The first-order valence-electron chi connectivity index (χ1n) is 9.52. The van der Waals surface area contributed by atoms with Crippen LogP contribution in [-0.2, 0) is 16.8 Å². The van der Waals surface area contributed by atoms with Crippen LogP contribution in [0.3, 0.4) is 0 Å². The summed E-state index contributed by atoms with van der Waals surface area (Å²) in [5.74, 6) is 1.74. The number of hydrogen-bond donors (Lipinski definition) is 0. The highest BCUT2D eigenvalue weighted by Gasteiger charge is 2.34. The Morgan fingerprint density at radius 2 is 1.96 bits per heavy atom. The topological polar surface area (TPSA) is 60.1 Å². The Hall–Kier alpha value is -3.10. The van der Waals surface area contributed by atoms with Gasteiger partial charge in [-0.2, -0.15) is 5.26 Å². The van der Waals surface area contributed by atoms with Gasteiger partial charge in [-0.05, 0) is 55.2 Å². The van der Waals surface area contributed by atoms with E-state index in [9.17, 15) is 5.26 Å². The van der Waals surface area contributed by atoms with Crippen molar-refractivity contribution in [3.8, 4) is 17.5 Å². The first-order valence-corrected chi connectivity index (χ1v) is 9.52. The van der Waals surface area contributed by atoms with Crippen molar-refractivity contribution in [2.24, 2.45) is 0 Å². The summed E-state index contributed by atoms with van der Waals surface area (Å²) >= 11 is 0. The summed E-state index contributed by atoms with van der Waals surface area (Å²) in [6, 6.07) is 18.7. The number of nitriles is 1. The van der Waals surface area contributed by atoms with Crippen molar-refractivity contribution in [3.63, 3.8) is 0 Å². The molecule has 1 aromatic heterocycles. The van der Waals surface area contributed by atoms with Gasteiger partial charge in [0.2, 0.25) is 0 Å². The summed E-state index contributed by atoms with van der Waals surface area (Å²) in [5, 5.41) is 9.76. The van der Waals surface area contributed by atoms with Crippen molar-refractivity contribution in [2.75, 3.05) is 13.2 Å². The minimum Gasteiger partial charge on any atom is -0.489 e. The van der Waals surface area contributed by atoms with Gasteiger partial charge < -0.3 is 14.0 Å². The Morgan fingerprint density at radius 1 is 1.18 bits per heavy atom. The van der Waals surface area contributed by atoms with E-state index in [1.807, 2.05) is 42.0 Å². The maximum Gasteiger partial charge on any atom is 0.120 e. The van der Waals surface area contributed by atoms with Crippen LogP contribution in [0.4, 0.5) is 0 Å². The molecule has 1 saturated heterocycles. The summed E-state index contributed by atoms with van der Waals surface area (Å²) in [6.45, 7) is 3.72. The van der Waals surface area contributed by atoms with Crippen molar-refractivity contribution >= 4 is 0 Å². The molecular weight excluding hydrogens is 350 g/mol. The highest BCUT2D eigenvalue weighted by molar-refractivity contribution is 5.39. The SMILES string of the molecule is Cc1nccn1-c1ccc(COc2cccc(C3(C#N)CCOCC3)c2)cc1. The molecule has 0 spiro atoms. The second kappa shape index (κ2) is 7.87. The first-order chi connectivity index (χ1) is 13.7. The molecule has 28 heavy (non-hydrogen) atoms. The van der Waals surface area contributed by atoms with Gasteiger partial charge in [0.25, 0.3) is 0 Å². The van der Waals surface area contributed by atoms with Gasteiger partial charge in [-0.1, -0.05) is 24.3 Å². The summed E-state index contributed by atoms with van der Waals surface area (Å²) in [7, 11) is 0. The van der Waals surface area contributed by atoms with E-state index in [0.29, 0.717) is 19.8 Å². The van der Waals surface area contributed by atoms with Crippen LogP contribution in [0, 0.1) is 18.3 Å². The van der Waals surface area contributed by atoms with Crippen molar-refractivity contribution in [2.45, 2.75) is 31.8 Å². The highest BCUT2D eigenvalue weighted by atomic mass is 16.5. The van der Waals surface area contributed by atoms with Gasteiger partial charge in [0.05, 0.1) is 11.5 Å². The molecule has 0 atom stereocenters. The Kier molecular flexibility index (Phi) is 5.14. The fourth-order valence-corrected chi connectivity index (χ4v) is 3.64. The third-order valence-corrected chi connectivity index (χ3v) is 5.39. The van der Waals surface area contributed by atoms with Crippen LogP contribution in [0.2, 0.25) is 0 Å². The summed E-state index contributed by atoms with van der Waals surface area (Å²) in [6.07, 6.45) is 5.20. The number of hydrogen-bond acceptors (Lipinski definition) is 4. The zero-order valence-electron chi connectivity index (χ0n) is 16.0. The van der Waals surface area contributed by atoms with Crippen LogP contribution in [0.1, 0.15) is 29.8 Å². The zero-order chi connectivity index (χ0) is 19.4. The standard InChI is InChI=1S/C23H23N3O2/c1-18-25-11-12-26(18)21-7-5-19(6-8-21)16-28-22-4-2-3-20(15-22)23(17-24)9-13-27-14-10-23/h2-8,11-12,15H,9-10,13-14,16H2,1H3. The van der Waals surface area contributed by atoms with Crippen LogP contribution in [0.5, 0.6) is 5.75 Å². The third kappa shape index (κ3) is 3.64. The minimum atomic E-state index is -0.470. The van der Waals surface area contributed by atoms with Gasteiger partial charge >= 0.3 is 0 Å². The van der Waals surface area contributed by atoms with Gasteiger partial charge in [-0.25, -0.2) is 4.98 Å². The summed E-state index contributed by atoms with van der Waals surface area (Å²) < 4.78 is 13.5. The molecule has 0 aliphatic carbocycles. The number of aromatic nitrogens is 2. The maximum atomic E-state index is 9.76. The quantitative estimate of drug-likeness (QED) is 0.668. The molecule has 2 aromatic carbocycles. The second-order valence-electron chi connectivity index (χ2n) is 7.13. The number of rotatable bonds is 5. The lowest BCUT2D eigenvalue weighted by Crippen LogP contribution is -2.32.